The highest BCUT2D eigenvalue weighted by atomic mass is 16.5. The Morgan fingerprint density at radius 3 is 0.889 bits per heavy atom. The molecule has 0 radical (unpaired) electrons. The molecule has 22 rings (SSSR count). The summed E-state index contributed by atoms with van der Waals surface area (Å²) in [6.07, 6.45) is 0. The van der Waals surface area contributed by atoms with Crippen LogP contribution in [0.3, 0.4) is 0 Å². The number of anilines is 20. The number of fused-ring (bicyclic) bond motifs is 12. The summed E-state index contributed by atoms with van der Waals surface area (Å²) in [4.78, 5) is 15.2. The third-order valence-corrected chi connectivity index (χ3v) is 24.9. The Kier molecular flexibility index (Phi) is 16.1. The minimum Gasteiger partial charge on any atom is -0.458 e. The number of hydrogen-bond acceptors (Lipinski definition) is 9. The first kappa shape index (κ1) is 69.6. The van der Waals surface area contributed by atoms with Crippen molar-refractivity contribution in [1.82, 2.24) is 0 Å². The van der Waals surface area contributed by atoms with Crippen molar-refractivity contribution in [2.75, 3.05) is 34.7 Å². The molecule has 6 aliphatic rings. The lowest BCUT2D eigenvalue weighted by Crippen LogP contribution is -2.66. The second-order valence-corrected chi connectivity index (χ2v) is 32.6. The Morgan fingerprint density at radius 2 is 0.513 bits per heavy atom. The second-order valence-electron chi connectivity index (χ2n) is 32.6. The number of para-hydroxylation sites is 8. The number of nitrogens with zero attached hydrogens (tertiary/aromatic N) is 6. The van der Waals surface area contributed by atoms with Crippen LogP contribution >= 0.6 is 0 Å². The van der Waals surface area contributed by atoms with E-state index in [-0.39, 0.29) is 20.1 Å². The molecular weight excluding hydrogens is 1420 g/mol. The largest absolute Gasteiger partial charge is 0.458 e. The molecule has 0 atom stereocenters. The molecule has 9 nitrogen and oxygen atoms in total. The smallest absolute Gasteiger partial charge is 0.256 e. The van der Waals surface area contributed by atoms with Gasteiger partial charge in [0.25, 0.3) is 20.1 Å². The maximum Gasteiger partial charge on any atom is 0.256 e. The molecule has 0 aliphatic carbocycles. The Morgan fingerprint density at radius 1 is 0.222 bits per heavy atom. The van der Waals surface area contributed by atoms with E-state index in [0.717, 1.165) is 159 Å². The van der Waals surface area contributed by atoms with E-state index in [1.165, 1.54) is 77.4 Å². The number of nitrogens with one attached hydrogen (secondary N) is 1. The molecule has 12 heteroatoms. The van der Waals surface area contributed by atoms with E-state index in [0.29, 0.717) is 0 Å². The van der Waals surface area contributed by atoms with Gasteiger partial charge in [0.15, 0.2) is 0 Å². The average Bonchev–Trinajstić information content (AvgIpc) is 0.675. The molecule has 0 unspecified atom stereocenters. The minimum absolute atomic E-state index is 0.226. The van der Waals surface area contributed by atoms with Gasteiger partial charge in [-0.2, -0.15) is 0 Å². The fourth-order valence-corrected chi connectivity index (χ4v) is 20.7. The van der Waals surface area contributed by atoms with Crippen LogP contribution in [0.5, 0.6) is 23.0 Å². The van der Waals surface area contributed by atoms with E-state index in [4.69, 9.17) is 9.47 Å². The molecule has 558 valence electrons. The van der Waals surface area contributed by atoms with E-state index >= 15 is 0 Å². The van der Waals surface area contributed by atoms with E-state index in [9.17, 15) is 0 Å². The summed E-state index contributed by atoms with van der Waals surface area (Å²) in [5.74, 6) is 3.33. The highest BCUT2D eigenvalue weighted by Crippen LogP contribution is 2.55. The third kappa shape index (κ3) is 11.0. The maximum atomic E-state index is 7.53. The van der Waals surface area contributed by atoms with Crippen LogP contribution in [-0.4, -0.2) is 20.1 Å². The molecule has 0 amide bonds. The van der Waals surface area contributed by atoms with Crippen LogP contribution in [0.15, 0.2) is 328 Å². The Balaban J connectivity index is 0.880. The van der Waals surface area contributed by atoms with E-state index < -0.39 is 0 Å². The van der Waals surface area contributed by atoms with Crippen molar-refractivity contribution < 1.29 is 9.47 Å². The molecule has 16 aromatic rings. The molecule has 6 heterocycles. The zero-order valence-corrected chi connectivity index (χ0v) is 66.9. The summed E-state index contributed by atoms with van der Waals surface area (Å²) in [5, 5.41) is 4.27. The van der Waals surface area contributed by atoms with E-state index in [2.05, 4.69) is 425 Å². The zero-order chi connectivity index (χ0) is 78.7. The normalized spacial score (nSPS) is 13.1. The van der Waals surface area contributed by atoms with Crippen LogP contribution in [-0.2, 0) is 0 Å². The SMILES string of the molecule is Cc1cc(C)c(N2c3cc4c(cc3B3c5ccccc5Oc5cc(N(c6ccccc6)c6ccccc6)cc2c53)B2c3cc5c(cc3N(c3c(C)cc(C)cc3C)c3cc(N(c6ccccc6)c6ccccc6)cc(c32)N4c2c(C)cc(C)cc2C)Nc2cc(N(c3ccccc3)c3ccccc3)cc3c2B5c2ccccc2O3)c(C)c1. The molecular formula is C105H82B3N7O2. The van der Waals surface area contributed by atoms with Crippen molar-refractivity contribution in [3.8, 4) is 23.0 Å². The molecule has 0 saturated carbocycles. The van der Waals surface area contributed by atoms with Gasteiger partial charge in [-0.1, -0.05) is 211 Å². The van der Waals surface area contributed by atoms with Crippen molar-refractivity contribution in [3.63, 3.8) is 0 Å². The first-order chi connectivity index (χ1) is 57.2. The lowest BCUT2D eigenvalue weighted by molar-refractivity contribution is 0.487. The van der Waals surface area contributed by atoms with Gasteiger partial charge in [-0.05, 0) is 266 Å². The lowest BCUT2D eigenvalue weighted by atomic mass is 9.29. The predicted octanol–water partition coefficient (Wildman–Crippen LogP) is 22.0. The van der Waals surface area contributed by atoms with Crippen molar-refractivity contribution in [2.45, 2.75) is 62.3 Å². The number of aryl methyl sites for hydroxylation is 9. The van der Waals surface area contributed by atoms with Gasteiger partial charge in [0, 0.05) is 91.8 Å². The van der Waals surface area contributed by atoms with Crippen molar-refractivity contribution >= 4 is 183 Å². The minimum atomic E-state index is -0.361. The van der Waals surface area contributed by atoms with Gasteiger partial charge in [0.2, 0.25) is 0 Å². The fourth-order valence-electron chi connectivity index (χ4n) is 20.7. The van der Waals surface area contributed by atoms with Crippen molar-refractivity contribution in [3.05, 3.63) is 378 Å². The summed E-state index contributed by atoms with van der Waals surface area (Å²) >= 11 is 0. The van der Waals surface area contributed by atoms with Crippen LogP contribution in [0.4, 0.5) is 114 Å². The first-order valence-electron chi connectivity index (χ1n) is 40.8. The quantitative estimate of drug-likeness (QED) is 0.121. The molecule has 0 fully saturated rings. The van der Waals surface area contributed by atoms with Gasteiger partial charge in [-0.15, -0.1) is 0 Å². The number of ether oxygens (including phenoxy) is 2. The predicted molar refractivity (Wildman–Crippen MR) is 494 cm³/mol. The van der Waals surface area contributed by atoms with Gasteiger partial charge < -0.3 is 44.2 Å². The molecule has 6 aliphatic heterocycles. The summed E-state index contributed by atoms with van der Waals surface area (Å²) in [6.45, 7) is 19.7. The number of hydrogen-bond donors (Lipinski definition) is 1. The van der Waals surface area contributed by atoms with E-state index in [1.807, 2.05) is 0 Å². The Bertz CT molecular complexity index is 6600. The molecule has 16 aromatic carbocycles. The Hall–Kier alpha value is -14.1. The summed E-state index contributed by atoms with van der Waals surface area (Å²) in [6, 6.07) is 122. The second kappa shape index (κ2) is 27.0. The lowest BCUT2D eigenvalue weighted by Gasteiger charge is -2.48. The van der Waals surface area contributed by atoms with Crippen LogP contribution in [0.2, 0.25) is 0 Å². The van der Waals surface area contributed by atoms with Gasteiger partial charge in [-0.25, -0.2) is 0 Å². The van der Waals surface area contributed by atoms with Crippen LogP contribution in [0.1, 0.15) is 50.1 Å². The highest BCUT2D eigenvalue weighted by Gasteiger charge is 2.51. The molecule has 0 saturated heterocycles. The zero-order valence-electron chi connectivity index (χ0n) is 66.9. The van der Waals surface area contributed by atoms with Crippen molar-refractivity contribution in [1.29, 1.82) is 0 Å². The monoisotopic (exact) mass is 1510 g/mol. The standard InChI is InChI=1S/C105H82B3N7O2/c1-64-48-67(4)103(68(5)49-64)113-90-62-88-84(106-82-44-28-30-46-96(82)116-98-58-79(54-89(109-88)100(98)106)110(73-32-16-10-17-33-73)74-34-18-11-19-35-74)60-85(90)108-87-61-86-91(63-92(87)114(104-69(6)50-65(2)51-70(104)7)94-56-80(55-93(113)101(94)108)111(75-36-20-12-21-37-75)76-38-22-13-23-39-76)115(105-71(8)52-66(3)53-72(105)9)95-57-81(59-99-102(95)107(86)83-45-29-31-47-97(83)117-99)112(77-40-24-14-25-41-77)78-42-26-15-27-43-78/h10-63,109H,1-9H3. The fraction of sp³-hybridized carbons (Fsp3) is 0.0857. The molecule has 1 N–H and O–H groups in total. The van der Waals surface area contributed by atoms with Crippen LogP contribution < -0.4 is 93.4 Å². The summed E-state index contributed by atoms with van der Waals surface area (Å²) in [7, 11) is 0. The third-order valence-electron chi connectivity index (χ3n) is 24.9. The van der Waals surface area contributed by atoms with Gasteiger partial charge in [-0.3, -0.25) is 0 Å². The van der Waals surface area contributed by atoms with Gasteiger partial charge in [0.1, 0.15) is 23.0 Å². The summed E-state index contributed by atoms with van der Waals surface area (Å²) < 4.78 is 14.8. The number of rotatable bonds is 12. The summed E-state index contributed by atoms with van der Waals surface area (Å²) in [5.41, 5.74) is 42.6. The highest BCUT2D eigenvalue weighted by molar-refractivity contribution is 7.04. The molecule has 0 bridgehead atoms. The van der Waals surface area contributed by atoms with Gasteiger partial charge >= 0.3 is 0 Å². The van der Waals surface area contributed by atoms with Crippen LogP contribution in [0, 0.1) is 62.3 Å². The average molecular weight is 1510 g/mol. The Labute approximate surface area is 685 Å². The van der Waals surface area contributed by atoms with Crippen molar-refractivity contribution in [2.24, 2.45) is 0 Å². The maximum absolute atomic E-state index is 7.53. The van der Waals surface area contributed by atoms with Gasteiger partial charge in [0.05, 0.1) is 34.1 Å². The van der Waals surface area contributed by atoms with Crippen LogP contribution in [0.25, 0.3) is 0 Å². The first-order valence-corrected chi connectivity index (χ1v) is 40.8. The molecule has 0 aromatic heterocycles. The van der Waals surface area contributed by atoms with E-state index in [1.54, 1.807) is 0 Å². The molecule has 117 heavy (non-hydrogen) atoms. The topological polar surface area (TPSA) is 49.9 Å². The number of benzene rings is 16. The molecule has 0 spiro atoms.